The smallest absolute Gasteiger partial charge is 0.287 e. The normalized spacial score (nSPS) is 10.7. The van der Waals surface area contributed by atoms with Crippen molar-refractivity contribution in [2.24, 2.45) is 0 Å². The van der Waals surface area contributed by atoms with Gasteiger partial charge in [-0.3, -0.25) is 4.79 Å². The van der Waals surface area contributed by atoms with E-state index >= 15 is 0 Å². The fourth-order valence-corrected chi connectivity index (χ4v) is 1.99. The average Bonchev–Trinajstić information content (AvgIpc) is 2.41. The average molecular weight is 288 g/mol. The van der Waals surface area contributed by atoms with Crippen LogP contribution in [0.5, 0.6) is 0 Å². The summed E-state index contributed by atoms with van der Waals surface area (Å²) in [5.41, 5.74) is 0.356. The Morgan fingerprint density at radius 2 is 2.11 bits per heavy atom. The summed E-state index contributed by atoms with van der Waals surface area (Å²) in [6.45, 7) is 3.57. The molecule has 0 aliphatic heterocycles. The summed E-state index contributed by atoms with van der Waals surface area (Å²) >= 11 is 6.03. The number of aromatic nitrogens is 2. The maximum Gasteiger partial charge on any atom is 0.287 e. The second-order valence-corrected chi connectivity index (χ2v) is 4.84. The molecule has 0 atom stereocenters. The van der Waals surface area contributed by atoms with Gasteiger partial charge in [-0.2, -0.15) is 5.10 Å². The fraction of sp³-hybridized carbons (Fsp3) is 0.692. The molecule has 0 bridgehead atoms. The number of aliphatic hydroxyl groups excluding tert-OH is 1. The van der Waals surface area contributed by atoms with E-state index < -0.39 is 0 Å². The maximum absolute atomic E-state index is 11.9. The van der Waals surface area contributed by atoms with Gasteiger partial charge in [-0.1, -0.05) is 31.4 Å². The number of aryl methyl sites for hydroxylation is 1. The number of nitrogens with one attached hydrogen (secondary N) is 1. The minimum absolute atomic E-state index is 0.207. The van der Waals surface area contributed by atoms with E-state index in [9.17, 15) is 4.79 Å². The van der Waals surface area contributed by atoms with Crippen LogP contribution in [0, 0.1) is 0 Å². The van der Waals surface area contributed by atoms with Gasteiger partial charge in [-0.15, -0.1) is 0 Å². The lowest BCUT2D eigenvalue weighted by molar-refractivity contribution is 0.283. The highest BCUT2D eigenvalue weighted by molar-refractivity contribution is 6.32. The molecular formula is C13H22ClN3O2. The molecule has 0 saturated carbocycles. The lowest BCUT2D eigenvalue weighted by Crippen LogP contribution is -2.24. The van der Waals surface area contributed by atoms with Crippen LogP contribution in [-0.4, -0.2) is 28.0 Å². The number of aliphatic hydroxyl groups is 1. The number of rotatable bonds is 9. The van der Waals surface area contributed by atoms with Crippen LogP contribution in [0.2, 0.25) is 5.02 Å². The Balaban J connectivity index is 2.46. The van der Waals surface area contributed by atoms with E-state index in [-0.39, 0.29) is 17.2 Å². The molecule has 6 heteroatoms. The number of halogens is 1. The van der Waals surface area contributed by atoms with Gasteiger partial charge in [-0.25, -0.2) is 4.68 Å². The van der Waals surface area contributed by atoms with Gasteiger partial charge in [0.15, 0.2) is 0 Å². The molecule has 0 amide bonds. The van der Waals surface area contributed by atoms with Gasteiger partial charge < -0.3 is 10.4 Å². The monoisotopic (exact) mass is 287 g/mol. The van der Waals surface area contributed by atoms with E-state index in [4.69, 9.17) is 16.7 Å². The highest BCUT2D eigenvalue weighted by atomic mass is 35.5. The van der Waals surface area contributed by atoms with E-state index in [1.807, 2.05) is 6.92 Å². The van der Waals surface area contributed by atoms with Gasteiger partial charge in [0.1, 0.15) is 5.02 Å². The first-order chi connectivity index (χ1) is 9.20. The van der Waals surface area contributed by atoms with E-state index in [0.717, 1.165) is 38.6 Å². The van der Waals surface area contributed by atoms with Crippen molar-refractivity contribution in [3.63, 3.8) is 0 Å². The van der Waals surface area contributed by atoms with Crippen LogP contribution in [0.1, 0.15) is 39.0 Å². The third kappa shape index (κ3) is 5.20. The zero-order chi connectivity index (χ0) is 14.1. The molecule has 0 radical (unpaired) electrons. The summed E-state index contributed by atoms with van der Waals surface area (Å²) in [5.74, 6) is 0. The highest BCUT2D eigenvalue weighted by Crippen LogP contribution is 2.15. The first-order valence-corrected chi connectivity index (χ1v) is 7.18. The number of anilines is 1. The molecule has 0 aliphatic carbocycles. The van der Waals surface area contributed by atoms with Crippen molar-refractivity contribution in [2.75, 3.05) is 18.5 Å². The third-order valence-corrected chi connectivity index (χ3v) is 3.19. The molecule has 1 heterocycles. The molecule has 0 spiro atoms. The standard InChI is InChI=1S/C13H22ClN3O2/c1-2-8-17-13(19)12(14)11(10-16-17)15-7-5-3-4-6-9-18/h10,15,18H,2-9H2,1H3. The Hall–Kier alpha value is -1.07. The predicted molar refractivity (Wildman–Crippen MR) is 77.8 cm³/mol. The van der Waals surface area contributed by atoms with Crippen molar-refractivity contribution in [3.8, 4) is 0 Å². The lowest BCUT2D eigenvalue weighted by atomic mass is 10.2. The van der Waals surface area contributed by atoms with Crippen LogP contribution < -0.4 is 10.9 Å². The number of nitrogens with zero attached hydrogens (tertiary/aromatic N) is 2. The SMILES string of the molecule is CCCn1ncc(NCCCCCCO)c(Cl)c1=O. The van der Waals surface area contributed by atoms with Crippen molar-refractivity contribution in [3.05, 3.63) is 21.6 Å². The lowest BCUT2D eigenvalue weighted by Gasteiger charge is -2.09. The Kier molecular flexibility index (Phi) is 7.52. The Morgan fingerprint density at radius 3 is 2.79 bits per heavy atom. The van der Waals surface area contributed by atoms with E-state index in [1.54, 1.807) is 6.20 Å². The topological polar surface area (TPSA) is 67.2 Å². The van der Waals surface area contributed by atoms with Crippen molar-refractivity contribution in [1.82, 2.24) is 9.78 Å². The minimum atomic E-state index is -0.242. The summed E-state index contributed by atoms with van der Waals surface area (Å²) in [4.78, 5) is 11.9. The highest BCUT2D eigenvalue weighted by Gasteiger charge is 2.07. The van der Waals surface area contributed by atoms with Crippen molar-refractivity contribution in [2.45, 2.75) is 45.6 Å². The van der Waals surface area contributed by atoms with Crippen LogP contribution in [0.15, 0.2) is 11.0 Å². The molecule has 2 N–H and O–H groups in total. The van der Waals surface area contributed by atoms with Crippen molar-refractivity contribution in [1.29, 1.82) is 0 Å². The molecule has 0 fully saturated rings. The summed E-state index contributed by atoms with van der Waals surface area (Å²) in [6, 6.07) is 0. The Labute approximate surface area is 118 Å². The van der Waals surface area contributed by atoms with Crippen LogP contribution in [0.4, 0.5) is 5.69 Å². The summed E-state index contributed by atoms with van der Waals surface area (Å²) in [7, 11) is 0. The molecule has 1 aromatic rings. The zero-order valence-electron chi connectivity index (χ0n) is 11.4. The molecule has 0 unspecified atom stereocenters. The van der Waals surface area contributed by atoms with Gasteiger partial charge in [0, 0.05) is 19.7 Å². The second kappa shape index (κ2) is 8.93. The largest absolute Gasteiger partial charge is 0.396 e. The van der Waals surface area contributed by atoms with E-state index in [2.05, 4.69) is 10.4 Å². The van der Waals surface area contributed by atoms with E-state index in [1.165, 1.54) is 4.68 Å². The minimum Gasteiger partial charge on any atom is -0.396 e. The molecule has 1 rings (SSSR count). The molecule has 0 aromatic carbocycles. The molecule has 1 aromatic heterocycles. The second-order valence-electron chi connectivity index (χ2n) is 4.47. The van der Waals surface area contributed by atoms with Crippen LogP contribution >= 0.6 is 11.6 Å². The number of hydrogen-bond acceptors (Lipinski definition) is 4. The number of unbranched alkanes of at least 4 members (excludes halogenated alkanes) is 3. The van der Waals surface area contributed by atoms with Gasteiger partial charge in [-0.05, 0) is 19.3 Å². The van der Waals surface area contributed by atoms with Crippen molar-refractivity contribution >= 4 is 17.3 Å². The van der Waals surface area contributed by atoms with E-state index in [0.29, 0.717) is 12.2 Å². The molecule has 108 valence electrons. The third-order valence-electron chi connectivity index (χ3n) is 2.82. The van der Waals surface area contributed by atoms with Crippen molar-refractivity contribution < 1.29 is 5.11 Å². The molecule has 0 aliphatic rings. The molecule has 5 nitrogen and oxygen atoms in total. The maximum atomic E-state index is 11.9. The van der Waals surface area contributed by atoms with Gasteiger partial charge in [0.25, 0.3) is 5.56 Å². The van der Waals surface area contributed by atoms with Crippen LogP contribution in [0.25, 0.3) is 0 Å². The Bertz CT molecular complexity index is 434. The molecular weight excluding hydrogens is 266 g/mol. The zero-order valence-corrected chi connectivity index (χ0v) is 12.1. The van der Waals surface area contributed by atoms with Crippen LogP contribution in [-0.2, 0) is 6.54 Å². The summed E-state index contributed by atoms with van der Waals surface area (Å²) in [6.07, 6.45) is 6.34. The fourth-order valence-electron chi connectivity index (χ4n) is 1.77. The molecule has 19 heavy (non-hydrogen) atoms. The molecule has 0 saturated heterocycles. The quantitative estimate of drug-likeness (QED) is 0.684. The summed E-state index contributed by atoms with van der Waals surface area (Å²) < 4.78 is 1.38. The predicted octanol–water partition coefficient (Wildman–Crippen LogP) is 2.27. The van der Waals surface area contributed by atoms with Crippen LogP contribution in [0.3, 0.4) is 0 Å². The van der Waals surface area contributed by atoms with Gasteiger partial charge in [0.2, 0.25) is 0 Å². The Morgan fingerprint density at radius 1 is 1.37 bits per heavy atom. The first-order valence-electron chi connectivity index (χ1n) is 6.81. The van der Waals surface area contributed by atoms with Gasteiger partial charge >= 0.3 is 0 Å². The first kappa shape index (κ1) is 16.0. The number of hydrogen-bond donors (Lipinski definition) is 2. The van der Waals surface area contributed by atoms with Gasteiger partial charge in [0.05, 0.1) is 11.9 Å². The summed E-state index contributed by atoms with van der Waals surface area (Å²) in [5, 5.41) is 16.1.